The minimum atomic E-state index is -0.996. The van der Waals surface area contributed by atoms with Gasteiger partial charge in [-0.05, 0) is 52.9 Å². The highest BCUT2D eigenvalue weighted by Crippen LogP contribution is 2.29. The van der Waals surface area contributed by atoms with E-state index in [-0.39, 0.29) is 25.5 Å². The number of carboxylic acid groups (broad SMARTS) is 1. The lowest BCUT2D eigenvalue weighted by Crippen LogP contribution is -2.35. The average Bonchev–Trinajstić information content (AvgIpc) is 3.03. The standard InChI is InChI=1S/C34H34N2O6/c1-42-26-17-15-24(16-18-26)19-21-36(22-20-32(38)39)34(41)30-14-8-6-12-28(30)27-11-5-7-13-29(27)33(40)35-31(23-37)25-9-3-2-4-10-25/h2-18,31,37H,19-23H2,1H3,(H,35,40)(H,38,39)/t31-/m1/s1. The SMILES string of the molecule is COc1ccc(CCN(CCC(=O)O)C(=O)c2ccccc2-c2ccccc2C(=O)N[C@H](CO)c2ccccc2)cc1. The number of carbonyl (C=O) groups is 3. The molecule has 0 unspecified atom stereocenters. The minimum absolute atomic E-state index is 0.0377. The maximum absolute atomic E-state index is 13.9. The number of benzene rings is 4. The van der Waals surface area contributed by atoms with Crippen LogP contribution in [0.5, 0.6) is 5.75 Å². The summed E-state index contributed by atoms with van der Waals surface area (Å²) in [6.07, 6.45) is 0.329. The molecule has 4 aromatic carbocycles. The van der Waals surface area contributed by atoms with Crippen LogP contribution in [-0.4, -0.2) is 59.7 Å². The molecule has 3 N–H and O–H groups in total. The van der Waals surface area contributed by atoms with Crippen LogP contribution in [0.15, 0.2) is 103 Å². The monoisotopic (exact) mass is 566 g/mol. The van der Waals surface area contributed by atoms with Gasteiger partial charge in [-0.1, -0.05) is 78.9 Å². The van der Waals surface area contributed by atoms with E-state index >= 15 is 0 Å². The van der Waals surface area contributed by atoms with Crippen LogP contribution in [0.4, 0.5) is 0 Å². The van der Waals surface area contributed by atoms with Gasteiger partial charge in [0.05, 0.1) is 26.2 Å². The van der Waals surface area contributed by atoms with Crippen molar-refractivity contribution in [3.05, 3.63) is 125 Å². The second kappa shape index (κ2) is 14.6. The first kappa shape index (κ1) is 30.0. The van der Waals surface area contributed by atoms with Crippen molar-refractivity contribution < 1.29 is 29.3 Å². The Hall–Kier alpha value is -4.95. The molecular formula is C34H34N2O6. The number of nitrogens with one attached hydrogen (secondary N) is 1. The fraction of sp³-hybridized carbons (Fsp3) is 0.206. The molecule has 0 heterocycles. The van der Waals surface area contributed by atoms with Gasteiger partial charge in [0.2, 0.25) is 0 Å². The van der Waals surface area contributed by atoms with Crippen LogP contribution < -0.4 is 10.1 Å². The molecule has 0 bridgehead atoms. The first-order chi connectivity index (χ1) is 20.4. The molecule has 0 aliphatic heterocycles. The van der Waals surface area contributed by atoms with Crippen LogP contribution in [0, 0.1) is 0 Å². The summed E-state index contributed by atoms with van der Waals surface area (Å²) in [6.45, 7) is 0.0694. The van der Waals surface area contributed by atoms with E-state index in [9.17, 15) is 24.6 Å². The predicted molar refractivity (Wildman–Crippen MR) is 160 cm³/mol. The molecule has 0 fully saturated rings. The van der Waals surface area contributed by atoms with Crippen LogP contribution >= 0.6 is 0 Å². The summed E-state index contributed by atoms with van der Waals surface area (Å²) < 4.78 is 5.22. The van der Waals surface area contributed by atoms with Gasteiger partial charge in [0.15, 0.2) is 0 Å². The van der Waals surface area contributed by atoms with Crippen molar-refractivity contribution in [3.63, 3.8) is 0 Å². The summed E-state index contributed by atoms with van der Waals surface area (Å²) >= 11 is 0. The summed E-state index contributed by atoms with van der Waals surface area (Å²) in [5, 5.41) is 22.2. The number of aliphatic hydroxyl groups excluding tert-OH is 1. The maximum atomic E-state index is 13.9. The van der Waals surface area contributed by atoms with E-state index in [2.05, 4.69) is 5.32 Å². The van der Waals surface area contributed by atoms with Crippen LogP contribution in [0.3, 0.4) is 0 Å². The molecule has 0 aliphatic carbocycles. The molecule has 0 aromatic heterocycles. The molecule has 4 aromatic rings. The number of methoxy groups -OCH3 is 1. The van der Waals surface area contributed by atoms with Crippen LogP contribution in [0.1, 0.15) is 44.3 Å². The van der Waals surface area contributed by atoms with Gasteiger partial charge < -0.3 is 25.2 Å². The summed E-state index contributed by atoms with van der Waals surface area (Å²) in [4.78, 5) is 40.4. The molecule has 4 rings (SSSR count). The van der Waals surface area contributed by atoms with E-state index in [1.165, 1.54) is 4.90 Å². The number of amides is 2. The van der Waals surface area contributed by atoms with Crippen LogP contribution in [0.2, 0.25) is 0 Å². The van der Waals surface area contributed by atoms with Crippen molar-refractivity contribution in [1.29, 1.82) is 0 Å². The third kappa shape index (κ3) is 7.62. The molecule has 0 saturated carbocycles. The Kier molecular flexibility index (Phi) is 10.4. The molecule has 0 radical (unpaired) electrons. The molecule has 0 aliphatic rings. The van der Waals surface area contributed by atoms with Gasteiger partial charge in [0.1, 0.15) is 5.75 Å². The first-order valence-electron chi connectivity index (χ1n) is 13.7. The highest BCUT2D eigenvalue weighted by atomic mass is 16.5. The van der Waals surface area contributed by atoms with Crippen molar-refractivity contribution in [3.8, 4) is 16.9 Å². The summed E-state index contributed by atoms with van der Waals surface area (Å²) in [5.74, 6) is -0.987. The van der Waals surface area contributed by atoms with Crippen LogP contribution in [0.25, 0.3) is 11.1 Å². The zero-order valence-corrected chi connectivity index (χ0v) is 23.4. The number of hydrogen-bond acceptors (Lipinski definition) is 5. The Morgan fingerprint density at radius 2 is 1.38 bits per heavy atom. The summed E-state index contributed by atoms with van der Waals surface area (Å²) in [7, 11) is 1.59. The number of hydrogen-bond donors (Lipinski definition) is 3. The zero-order valence-electron chi connectivity index (χ0n) is 23.4. The smallest absolute Gasteiger partial charge is 0.305 e. The predicted octanol–water partition coefficient (Wildman–Crippen LogP) is 4.99. The molecule has 2 amide bonds. The van der Waals surface area contributed by atoms with Gasteiger partial charge in [0.25, 0.3) is 11.8 Å². The van der Waals surface area contributed by atoms with Gasteiger partial charge in [-0.3, -0.25) is 14.4 Å². The maximum Gasteiger partial charge on any atom is 0.305 e. The quantitative estimate of drug-likeness (QED) is 0.210. The first-order valence-corrected chi connectivity index (χ1v) is 13.7. The average molecular weight is 567 g/mol. The van der Waals surface area contributed by atoms with E-state index in [1.807, 2.05) is 54.6 Å². The van der Waals surface area contributed by atoms with Gasteiger partial charge >= 0.3 is 5.97 Å². The lowest BCUT2D eigenvalue weighted by atomic mass is 9.94. The van der Waals surface area contributed by atoms with E-state index < -0.39 is 17.9 Å². The second-order valence-electron chi connectivity index (χ2n) is 9.74. The van der Waals surface area contributed by atoms with E-state index in [0.29, 0.717) is 35.2 Å². The fourth-order valence-corrected chi connectivity index (χ4v) is 4.75. The largest absolute Gasteiger partial charge is 0.497 e. The number of rotatable bonds is 13. The third-order valence-corrected chi connectivity index (χ3v) is 7.02. The number of carboxylic acids is 1. The molecule has 8 nitrogen and oxygen atoms in total. The Balaban J connectivity index is 1.62. The van der Waals surface area contributed by atoms with Gasteiger partial charge in [-0.2, -0.15) is 0 Å². The van der Waals surface area contributed by atoms with Crippen LogP contribution in [-0.2, 0) is 11.2 Å². The van der Waals surface area contributed by atoms with E-state index in [1.54, 1.807) is 55.6 Å². The molecule has 42 heavy (non-hydrogen) atoms. The number of aliphatic hydroxyl groups is 1. The van der Waals surface area contributed by atoms with Gasteiger partial charge in [0, 0.05) is 24.2 Å². The molecule has 0 spiro atoms. The van der Waals surface area contributed by atoms with Gasteiger partial charge in [-0.15, -0.1) is 0 Å². The fourth-order valence-electron chi connectivity index (χ4n) is 4.75. The number of carbonyl (C=O) groups excluding carboxylic acids is 2. The number of ether oxygens (including phenoxy) is 1. The molecule has 0 saturated heterocycles. The van der Waals surface area contributed by atoms with E-state index in [0.717, 1.165) is 16.9 Å². The summed E-state index contributed by atoms with van der Waals surface area (Å²) in [6, 6.07) is 30.1. The van der Waals surface area contributed by atoms with Crippen molar-refractivity contribution in [2.45, 2.75) is 18.9 Å². The Morgan fingerprint density at radius 3 is 2.00 bits per heavy atom. The zero-order chi connectivity index (χ0) is 29.9. The van der Waals surface area contributed by atoms with Gasteiger partial charge in [-0.25, -0.2) is 0 Å². The highest BCUT2D eigenvalue weighted by molar-refractivity contribution is 6.06. The Labute approximate surface area is 245 Å². The lowest BCUT2D eigenvalue weighted by molar-refractivity contribution is -0.137. The van der Waals surface area contributed by atoms with E-state index in [4.69, 9.17) is 4.74 Å². The molecule has 216 valence electrons. The lowest BCUT2D eigenvalue weighted by Gasteiger charge is -2.24. The molecule has 1 atom stereocenters. The van der Waals surface area contributed by atoms with Crippen molar-refractivity contribution in [2.24, 2.45) is 0 Å². The highest BCUT2D eigenvalue weighted by Gasteiger charge is 2.23. The van der Waals surface area contributed by atoms with Crippen molar-refractivity contribution >= 4 is 17.8 Å². The Morgan fingerprint density at radius 1 is 0.786 bits per heavy atom. The molecule has 8 heteroatoms. The summed E-state index contributed by atoms with van der Waals surface area (Å²) in [5.41, 5.74) is 3.57. The van der Waals surface area contributed by atoms with Crippen molar-refractivity contribution in [1.82, 2.24) is 10.2 Å². The third-order valence-electron chi connectivity index (χ3n) is 7.02. The second-order valence-corrected chi connectivity index (χ2v) is 9.74. The van der Waals surface area contributed by atoms with Crippen molar-refractivity contribution in [2.75, 3.05) is 26.8 Å². The minimum Gasteiger partial charge on any atom is -0.497 e. The number of nitrogens with zero attached hydrogens (tertiary/aromatic N) is 1. The topological polar surface area (TPSA) is 116 Å². The number of aliphatic carboxylic acids is 1. The normalized spacial score (nSPS) is 11.4. The molecular weight excluding hydrogens is 532 g/mol. The Bertz CT molecular complexity index is 1500.